The molecule has 532 valence electrons. The SMILES string of the molecule is CCCCCCCC/C=C\CCCCCCCC(=O)N(CCCCN(CCCN(CCCCC(=O)[C@@H](N)CCCN)C(=O)CCCCCCC/C=C\CCCCCCCC)C(=O)CCCCCCC/C=C\CCCCCCCC)CCCNC(=O)[C@@H](N)CCCN. The molecule has 13 nitrogen and oxygen atoms in total. The van der Waals surface area contributed by atoms with Crippen LogP contribution in [0.25, 0.3) is 0 Å². The summed E-state index contributed by atoms with van der Waals surface area (Å²) in [5, 5.41) is 2.98. The first-order chi connectivity index (χ1) is 44.6. The molecule has 13 heteroatoms. The summed E-state index contributed by atoms with van der Waals surface area (Å²) >= 11 is 0. The van der Waals surface area contributed by atoms with E-state index in [1.807, 2.05) is 14.7 Å². The highest BCUT2D eigenvalue weighted by Crippen LogP contribution is 2.17. The van der Waals surface area contributed by atoms with Crippen LogP contribution in [0.1, 0.15) is 361 Å². The number of allylic oxidation sites excluding steroid dienone is 6. The number of rotatable bonds is 71. The van der Waals surface area contributed by atoms with Crippen LogP contribution in [-0.2, 0) is 24.0 Å². The average Bonchev–Trinajstić information content (AvgIpc) is 3.75. The Hall–Kier alpha value is -3.39. The molecular weight excluding hydrogens is 1130 g/mol. The number of hydrogen-bond donors (Lipinski definition) is 5. The zero-order chi connectivity index (χ0) is 66.6. The lowest BCUT2D eigenvalue weighted by atomic mass is 10.0. The molecule has 0 aromatic heterocycles. The van der Waals surface area contributed by atoms with Crippen LogP contribution in [0.3, 0.4) is 0 Å². The highest BCUT2D eigenvalue weighted by molar-refractivity contribution is 5.83. The molecule has 0 aromatic carbocycles. The van der Waals surface area contributed by atoms with E-state index in [-0.39, 0.29) is 29.4 Å². The first kappa shape index (κ1) is 87.6. The Balaban J connectivity index is 5.84. The van der Waals surface area contributed by atoms with Crippen molar-refractivity contribution in [1.29, 1.82) is 0 Å². The summed E-state index contributed by atoms with van der Waals surface area (Å²) in [7, 11) is 0. The number of nitrogens with one attached hydrogen (secondary N) is 1. The van der Waals surface area contributed by atoms with Crippen LogP contribution >= 0.6 is 0 Å². The first-order valence-corrected chi connectivity index (χ1v) is 39.1. The van der Waals surface area contributed by atoms with Gasteiger partial charge in [-0.3, -0.25) is 24.0 Å². The molecule has 0 rings (SSSR count). The minimum absolute atomic E-state index is 0.0642. The zero-order valence-corrected chi connectivity index (χ0v) is 60.2. The highest BCUT2D eigenvalue weighted by atomic mass is 16.2. The van der Waals surface area contributed by atoms with E-state index < -0.39 is 12.1 Å². The predicted octanol–water partition coefficient (Wildman–Crippen LogP) is 18.1. The molecule has 9 N–H and O–H groups in total. The number of nitrogens with two attached hydrogens (primary N) is 4. The third-order valence-corrected chi connectivity index (χ3v) is 18.2. The Morgan fingerprint density at radius 3 is 0.901 bits per heavy atom. The van der Waals surface area contributed by atoms with Crippen molar-refractivity contribution >= 4 is 29.4 Å². The standard InChI is InChI=1S/C78H150N8O5/c1-4-7-10-13-16-19-22-25-28-31-34-37-40-43-46-60-75(88)84(69-55-65-83-78(91)73(82)58-54-64-80)67-51-52-68-86(77(90)62-48-45-42-39-36-33-30-27-24-21-18-15-12-9-6-3)71-56-70-85(66-50-49-59-74(87)72(81)57-53-63-79)76(89)61-47-44-41-38-35-32-29-26-23-20-17-14-11-8-5-2/h25-30,72-73H,4-24,31-71,79-82H2,1-3H3,(H,83,91)/b28-25-,29-26-,30-27-/t72-,73-/m0/s1. The molecule has 0 aliphatic heterocycles. The highest BCUT2D eigenvalue weighted by Gasteiger charge is 2.20. The topological polar surface area (TPSA) is 211 Å². The van der Waals surface area contributed by atoms with E-state index in [4.69, 9.17) is 22.9 Å². The van der Waals surface area contributed by atoms with Gasteiger partial charge in [0.1, 0.15) is 5.78 Å². The molecule has 0 saturated heterocycles. The number of unbranched alkanes of at least 4 members (excludes halogenated alkanes) is 35. The van der Waals surface area contributed by atoms with E-state index >= 15 is 0 Å². The van der Waals surface area contributed by atoms with E-state index in [0.717, 1.165) is 103 Å². The molecule has 0 aromatic rings. The normalized spacial score (nSPS) is 12.4. The molecule has 91 heavy (non-hydrogen) atoms. The number of carbonyl (C=O) groups excluding carboxylic acids is 5. The molecule has 0 aliphatic carbocycles. The van der Waals surface area contributed by atoms with Gasteiger partial charge in [0.05, 0.1) is 12.1 Å². The molecule has 0 saturated carbocycles. The molecule has 0 unspecified atom stereocenters. The molecule has 0 fully saturated rings. The number of ketones is 1. The van der Waals surface area contributed by atoms with E-state index in [2.05, 4.69) is 62.5 Å². The molecule has 0 heterocycles. The van der Waals surface area contributed by atoms with Crippen molar-refractivity contribution in [3.63, 3.8) is 0 Å². The Labute approximate surface area is 562 Å². The summed E-state index contributed by atoms with van der Waals surface area (Å²) in [6.07, 6.45) is 70.1. The number of hydrogen-bond acceptors (Lipinski definition) is 9. The summed E-state index contributed by atoms with van der Waals surface area (Å²) < 4.78 is 0. The van der Waals surface area contributed by atoms with Gasteiger partial charge < -0.3 is 43.0 Å². The van der Waals surface area contributed by atoms with E-state index in [0.29, 0.717) is 123 Å². The fourth-order valence-corrected chi connectivity index (χ4v) is 12.0. The van der Waals surface area contributed by atoms with Crippen molar-refractivity contribution in [3.8, 4) is 0 Å². The van der Waals surface area contributed by atoms with E-state index in [9.17, 15) is 24.0 Å². The van der Waals surface area contributed by atoms with Gasteiger partial charge >= 0.3 is 0 Å². The van der Waals surface area contributed by atoms with Crippen LogP contribution in [0.4, 0.5) is 0 Å². The third kappa shape index (κ3) is 58.9. The van der Waals surface area contributed by atoms with Gasteiger partial charge in [0.25, 0.3) is 0 Å². The Kier molecular flexibility index (Phi) is 66.9. The molecule has 2 atom stereocenters. The molecule has 0 bridgehead atoms. The van der Waals surface area contributed by atoms with E-state index in [1.54, 1.807) is 0 Å². The van der Waals surface area contributed by atoms with Crippen LogP contribution in [0, 0.1) is 0 Å². The lowest BCUT2D eigenvalue weighted by Crippen LogP contribution is -2.42. The smallest absolute Gasteiger partial charge is 0.236 e. The van der Waals surface area contributed by atoms with Crippen molar-refractivity contribution < 1.29 is 24.0 Å². The average molecular weight is 1280 g/mol. The number of nitrogens with zero attached hydrogens (tertiary/aromatic N) is 3. The number of Topliss-reactive ketones (excluding diaryl/α,β-unsaturated/α-hetero) is 1. The van der Waals surface area contributed by atoms with Gasteiger partial charge in [-0.25, -0.2) is 0 Å². The second-order valence-corrected chi connectivity index (χ2v) is 26.8. The Bertz CT molecular complexity index is 1740. The van der Waals surface area contributed by atoms with Crippen LogP contribution < -0.4 is 28.3 Å². The van der Waals surface area contributed by atoms with Gasteiger partial charge in [0, 0.05) is 71.5 Å². The quantitative estimate of drug-likeness (QED) is 0.0289. The molecular formula is C78H150N8O5. The third-order valence-electron chi connectivity index (χ3n) is 18.2. The summed E-state index contributed by atoms with van der Waals surface area (Å²) in [5.41, 5.74) is 23.7. The van der Waals surface area contributed by atoms with E-state index in [1.165, 1.54) is 173 Å². The van der Waals surface area contributed by atoms with Crippen LogP contribution in [0.5, 0.6) is 0 Å². The molecule has 0 spiro atoms. The number of carbonyl (C=O) groups is 5. The minimum atomic E-state index is -0.589. The summed E-state index contributed by atoms with van der Waals surface area (Å²) in [4.78, 5) is 73.7. The Morgan fingerprint density at radius 2 is 0.571 bits per heavy atom. The van der Waals surface area contributed by atoms with Crippen LogP contribution in [0.15, 0.2) is 36.5 Å². The van der Waals surface area contributed by atoms with Crippen LogP contribution in [-0.4, -0.2) is 115 Å². The van der Waals surface area contributed by atoms with Gasteiger partial charge in [-0.2, -0.15) is 0 Å². The second-order valence-electron chi connectivity index (χ2n) is 26.8. The predicted molar refractivity (Wildman–Crippen MR) is 391 cm³/mol. The Morgan fingerprint density at radius 1 is 0.308 bits per heavy atom. The fraction of sp³-hybridized carbons (Fsp3) is 0.859. The monoisotopic (exact) mass is 1280 g/mol. The first-order valence-electron chi connectivity index (χ1n) is 39.1. The van der Waals surface area contributed by atoms with Crippen molar-refractivity contribution in [2.45, 2.75) is 373 Å². The van der Waals surface area contributed by atoms with Crippen molar-refractivity contribution in [1.82, 2.24) is 20.0 Å². The lowest BCUT2D eigenvalue weighted by molar-refractivity contribution is -0.133. The maximum atomic E-state index is 14.2. The largest absolute Gasteiger partial charge is 0.355 e. The summed E-state index contributed by atoms with van der Waals surface area (Å²) in [5.74, 6) is 0.380. The molecule has 0 radical (unpaired) electrons. The van der Waals surface area contributed by atoms with Crippen molar-refractivity contribution in [2.75, 3.05) is 58.9 Å². The summed E-state index contributed by atoms with van der Waals surface area (Å²) in [6.45, 7) is 11.7. The summed E-state index contributed by atoms with van der Waals surface area (Å²) in [6, 6.07) is -1.08. The molecule has 4 amide bonds. The van der Waals surface area contributed by atoms with Gasteiger partial charge in [-0.1, -0.05) is 211 Å². The van der Waals surface area contributed by atoms with Gasteiger partial charge in [0.15, 0.2) is 0 Å². The number of amides is 4. The maximum absolute atomic E-state index is 14.2. The minimum Gasteiger partial charge on any atom is -0.355 e. The maximum Gasteiger partial charge on any atom is 0.236 e. The molecule has 0 aliphatic rings. The van der Waals surface area contributed by atoms with Gasteiger partial charge in [-0.05, 0) is 174 Å². The second kappa shape index (κ2) is 69.4. The zero-order valence-electron chi connectivity index (χ0n) is 60.2. The lowest BCUT2D eigenvalue weighted by Gasteiger charge is -2.27. The van der Waals surface area contributed by atoms with Gasteiger partial charge in [-0.15, -0.1) is 0 Å². The van der Waals surface area contributed by atoms with Gasteiger partial charge in [0.2, 0.25) is 23.6 Å². The van der Waals surface area contributed by atoms with Crippen molar-refractivity contribution in [2.24, 2.45) is 22.9 Å². The van der Waals surface area contributed by atoms with Crippen LogP contribution in [0.2, 0.25) is 0 Å². The fourth-order valence-electron chi connectivity index (χ4n) is 12.0. The van der Waals surface area contributed by atoms with Crippen molar-refractivity contribution in [3.05, 3.63) is 36.5 Å².